The predicted octanol–water partition coefficient (Wildman–Crippen LogP) is 3.08. The van der Waals surface area contributed by atoms with Crippen molar-refractivity contribution in [3.8, 4) is 11.1 Å². The number of sulfonamides is 1. The normalized spacial score (nSPS) is 16.5. The van der Waals surface area contributed by atoms with Gasteiger partial charge >= 0.3 is 0 Å². The maximum atomic E-state index is 11.6. The Labute approximate surface area is 165 Å². The van der Waals surface area contributed by atoms with Crippen molar-refractivity contribution in [2.45, 2.75) is 32.7 Å². The minimum atomic E-state index is -3.11. The van der Waals surface area contributed by atoms with E-state index in [0.717, 1.165) is 29.4 Å². The molecule has 3 aromatic rings. The van der Waals surface area contributed by atoms with Gasteiger partial charge in [-0.15, -0.1) is 0 Å². The number of hydrogen-bond donors (Lipinski definition) is 2. The van der Waals surface area contributed by atoms with E-state index in [1.165, 1.54) is 27.3 Å². The average Bonchev–Trinajstić information content (AvgIpc) is 3.04. The van der Waals surface area contributed by atoms with Gasteiger partial charge in [-0.25, -0.2) is 17.7 Å². The molecular formula is C20H25N5O2S. The number of anilines is 1. The Morgan fingerprint density at radius 2 is 1.93 bits per heavy atom. The predicted molar refractivity (Wildman–Crippen MR) is 112 cm³/mol. The van der Waals surface area contributed by atoms with Gasteiger partial charge in [0.1, 0.15) is 5.65 Å². The Bertz CT molecular complexity index is 1110. The van der Waals surface area contributed by atoms with Gasteiger partial charge in [-0.05, 0) is 37.8 Å². The van der Waals surface area contributed by atoms with Crippen LogP contribution in [-0.2, 0) is 10.0 Å². The van der Waals surface area contributed by atoms with Crippen molar-refractivity contribution in [3.63, 3.8) is 0 Å². The summed E-state index contributed by atoms with van der Waals surface area (Å²) in [5.74, 6) is 0.569. The molecule has 0 bridgehead atoms. The molecule has 4 rings (SSSR count). The number of aryl methyl sites for hydroxylation is 2. The number of aromatic amines is 1. The zero-order valence-corrected chi connectivity index (χ0v) is 17.2. The molecule has 0 unspecified atom stereocenters. The fourth-order valence-electron chi connectivity index (χ4n) is 3.83. The molecular weight excluding hydrogens is 374 g/mol. The first kappa shape index (κ1) is 18.9. The zero-order valence-electron chi connectivity index (χ0n) is 16.4. The van der Waals surface area contributed by atoms with Crippen LogP contribution < -0.4 is 5.32 Å². The van der Waals surface area contributed by atoms with E-state index in [2.05, 4.69) is 52.3 Å². The van der Waals surface area contributed by atoms with E-state index < -0.39 is 10.0 Å². The van der Waals surface area contributed by atoms with Crippen molar-refractivity contribution in [3.05, 3.63) is 41.7 Å². The lowest BCUT2D eigenvalue weighted by atomic mass is 9.99. The lowest BCUT2D eigenvalue weighted by molar-refractivity contribution is 0.331. The molecule has 8 heteroatoms. The molecule has 2 aromatic heterocycles. The first-order valence-electron chi connectivity index (χ1n) is 9.44. The van der Waals surface area contributed by atoms with Gasteiger partial charge in [0, 0.05) is 42.5 Å². The third-order valence-electron chi connectivity index (χ3n) is 5.36. The Kier molecular flexibility index (Phi) is 4.84. The summed E-state index contributed by atoms with van der Waals surface area (Å²) in [6.07, 6.45) is 6.57. The molecule has 0 aliphatic carbocycles. The fourth-order valence-corrected chi connectivity index (χ4v) is 4.70. The Morgan fingerprint density at radius 1 is 1.18 bits per heavy atom. The number of hydrogen-bond acceptors (Lipinski definition) is 5. The van der Waals surface area contributed by atoms with Crippen molar-refractivity contribution in [1.29, 1.82) is 0 Å². The number of benzene rings is 1. The SMILES string of the molecule is Cc1ccc(-c2c[nH]c3nc(NC4CCN(S(C)(=O)=O)CC4)ncc23)c(C)c1. The monoisotopic (exact) mass is 399 g/mol. The summed E-state index contributed by atoms with van der Waals surface area (Å²) in [6, 6.07) is 6.59. The van der Waals surface area contributed by atoms with Crippen molar-refractivity contribution in [1.82, 2.24) is 19.3 Å². The van der Waals surface area contributed by atoms with Crippen LogP contribution in [0.4, 0.5) is 5.95 Å². The second-order valence-corrected chi connectivity index (χ2v) is 9.54. The third-order valence-corrected chi connectivity index (χ3v) is 6.66. The van der Waals surface area contributed by atoms with Crippen LogP contribution in [0.5, 0.6) is 0 Å². The van der Waals surface area contributed by atoms with Gasteiger partial charge in [0.25, 0.3) is 0 Å². The van der Waals surface area contributed by atoms with E-state index in [9.17, 15) is 8.42 Å². The highest BCUT2D eigenvalue weighted by atomic mass is 32.2. The van der Waals surface area contributed by atoms with Gasteiger partial charge in [0.2, 0.25) is 16.0 Å². The highest BCUT2D eigenvalue weighted by molar-refractivity contribution is 7.88. The molecule has 1 aliphatic rings. The van der Waals surface area contributed by atoms with E-state index in [1.54, 1.807) is 0 Å². The number of fused-ring (bicyclic) bond motifs is 1. The highest BCUT2D eigenvalue weighted by Crippen LogP contribution is 2.30. The molecule has 28 heavy (non-hydrogen) atoms. The highest BCUT2D eigenvalue weighted by Gasteiger charge is 2.25. The molecule has 1 saturated heterocycles. The number of piperidine rings is 1. The Morgan fingerprint density at radius 3 is 2.61 bits per heavy atom. The lowest BCUT2D eigenvalue weighted by Gasteiger charge is -2.30. The van der Waals surface area contributed by atoms with E-state index in [1.807, 2.05) is 12.4 Å². The molecule has 7 nitrogen and oxygen atoms in total. The summed E-state index contributed by atoms with van der Waals surface area (Å²) >= 11 is 0. The molecule has 148 valence electrons. The number of aromatic nitrogens is 3. The van der Waals surface area contributed by atoms with Gasteiger partial charge in [-0.2, -0.15) is 4.98 Å². The average molecular weight is 400 g/mol. The van der Waals surface area contributed by atoms with Crippen LogP contribution in [0, 0.1) is 13.8 Å². The van der Waals surface area contributed by atoms with Crippen LogP contribution in [0.25, 0.3) is 22.2 Å². The molecule has 1 aromatic carbocycles. The topological polar surface area (TPSA) is 91.0 Å². The van der Waals surface area contributed by atoms with Crippen molar-refractivity contribution >= 4 is 27.0 Å². The molecule has 0 atom stereocenters. The van der Waals surface area contributed by atoms with Crippen LogP contribution in [0.3, 0.4) is 0 Å². The quantitative estimate of drug-likeness (QED) is 0.704. The molecule has 1 aliphatic heterocycles. The van der Waals surface area contributed by atoms with E-state index >= 15 is 0 Å². The number of nitrogens with one attached hydrogen (secondary N) is 2. The second-order valence-electron chi connectivity index (χ2n) is 7.56. The maximum absolute atomic E-state index is 11.6. The van der Waals surface area contributed by atoms with Crippen LogP contribution >= 0.6 is 0 Å². The van der Waals surface area contributed by atoms with Crippen LogP contribution in [-0.4, -0.2) is 53.1 Å². The first-order chi connectivity index (χ1) is 13.3. The summed E-state index contributed by atoms with van der Waals surface area (Å²) in [4.78, 5) is 12.4. The minimum Gasteiger partial charge on any atom is -0.351 e. The van der Waals surface area contributed by atoms with E-state index in [-0.39, 0.29) is 6.04 Å². The van der Waals surface area contributed by atoms with Gasteiger partial charge in [0.05, 0.1) is 6.26 Å². The van der Waals surface area contributed by atoms with Gasteiger partial charge in [-0.1, -0.05) is 23.8 Å². The third kappa shape index (κ3) is 3.74. The van der Waals surface area contributed by atoms with Crippen molar-refractivity contribution in [2.24, 2.45) is 0 Å². The molecule has 2 N–H and O–H groups in total. The van der Waals surface area contributed by atoms with Gasteiger partial charge in [-0.3, -0.25) is 0 Å². The summed E-state index contributed by atoms with van der Waals surface area (Å²) in [5.41, 5.74) is 5.53. The zero-order chi connectivity index (χ0) is 19.9. The second kappa shape index (κ2) is 7.18. The standard InChI is InChI=1S/C20H25N5O2S/c1-13-4-5-16(14(2)10-13)17-11-21-19-18(17)12-22-20(24-19)23-15-6-8-25(9-7-15)28(3,26)27/h4-5,10-12,15H,6-9H2,1-3H3,(H2,21,22,23,24). The first-order valence-corrected chi connectivity index (χ1v) is 11.3. The Hall–Kier alpha value is -2.45. The van der Waals surface area contributed by atoms with Crippen molar-refractivity contribution < 1.29 is 8.42 Å². The van der Waals surface area contributed by atoms with E-state index in [0.29, 0.717) is 19.0 Å². The van der Waals surface area contributed by atoms with E-state index in [4.69, 9.17) is 0 Å². The summed E-state index contributed by atoms with van der Waals surface area (Å²) in [6.45, 7) is 5.25. The van der Waals surface area contributed by atoms with Gasteiger partial charge < -0.3 is 10.3 Å². The van der Waals surface area contributed by atoms with Crippen LogP contribution in [0.1, 0.15) is 24.0 Å². The molecule has 0 radical (unpaired) electrons. The maximum Gasteiger partial charge on any atom is 0.224 e. The van der Waals surface area contributed by atoms with Crippen molar-refractivity contribution in [2.75, 3.05) is 24.7 Å². The van der Waals surface area contributed by atoms with Crippen LogP contribution in [0.2, 0.25) is 0 Å². The Balaban J connectivity index is 1.52. The molecule has 0 amide bonds. The summed E-state index contributed by atoms with van der Waals surface area (Å²) < 4.78 is 24.8. The number of nitrogens with zero attached hydrogens (tertiary/aromatic N) is 3. The smallest absolute Gasteiger partial charge is 0.224 e. The summed E-state index contributed by atoms with van der Waals surface area (Å²) in [5, 5.41) is 4.34. The molecule has 0 spiro atoms. The minimum absolute atomic E-state index is 0.171. The molecule has 1 fully saturated rings. The lowest BCUT2D eigenvalue weighted by Crippen LogP contribution is -2.42. The largest absolute Gasteiger partial charge is 0.351 e. The molecule has 0 saturated carbocycles. The fraction of sp³-hybridized carbons (Fsp3) is 0.400. The number of H-pyrrole nitrogens is 1. The molecule has 3 heterocycles. The van der Waals surface area contributed by atoms with Crippen LogP contribution in [0.15, 0.2) is 30.6 Å². The van der Waals surface area contributed by atoms with Gasteiger partial charge in [0.15, 0.2) is 0 Å². The summed E-state index contributed by atoms with van der Waals surface area (Å²) in [7, 11) is -3.11. The number of rotatable bonds is 4.